The Balaban J connectivity index is 2.12. The molecule has 1 amide bonds. The van der Waals surface area contributed by atoms with Crippen molar-refractivity contribution in [3.05, 3.63) is 24.2 Å². The molecule has 2 aromatic rings. The van der Waals surface area contributed by atoms with Gasteiger partial charge in [-0.3, -0.25) is 5.32 Å². The minimum Gasteiger partial charge on any atom is -0.444 e. The first-order valence-electron chi connectivity index (χ1n) is 11.5. The van der Waals surface area contributed by atoms with Crippen molar-refractivity contribution in [1.29, 1.82) is 5.26 Å². The third-order valence-electron chi connectivity index (χ3n) is 5.34. The summed E-state index contributed by atoms with van der Waals surface area (Å²) in [6.07, 6.45) is -7.91. The van der Waals surface area contributed by atoms with Crippen molar-refractivity contribution in [3.63, 3.8) is 0 Å². The van der Waals surface area contributed by atoms with Gasteiger partial charge in [0.15, 0.2) is 18.0 Å². The Morgan fingerprint density at radius 3 is 2.33 bits per heavy atom. The van der Waals surface area contributed by atoms with Crippen LogP contribution in [-0.4, -0.2) is 91.0 Å². The molecular weight excluding hydrogens is 538 g/mol. The lowest BCUT2D eigenvalue weighted by Gasteiger charge is -2.27. The van der Waals surface area contributed by atoms with Crippen LogP contribution in [0.5, 0.6) is 0 Å². The maximum atomic E-state index is 12.4. The highest BCUT2D eigenvalue weighted by Crippen LogP contribution is 2.44. The number of fused-ring (bicyclic) bond motifs is 1. The summed E-state index contributed by atoms with van der Waals surface area (Å²) >= 11 is 0. The standard InChI is InChI=1S/C23H27N5O12/c1-22(2,3)40-18(29)27-17-12-7-8-14(28(12)26-11-25-17)23(10-24)16(38-21(32)35-6)15(37-20(31)34-5)13(39-23)9-36-19(30)33-4/h7-8,11,13,15-16H,9H2,1-6H3,(H,25,26,27,29)/t13-,15-,16-,23+/m1/s1. The molecule has 1 N–H and O–H groups in total. The summed E-state index contributed by atoms with van der Waals surface area (Å²) in [5.41, 5.74) is -2.87. The SMILES string of the molecule is COC(=O)OC[C@H]1O[C@@](C#N)(c2ccc3c(NC(=O)OC(C)(C)C)ncnn23)[C@H](OC(=O)OC)[C@@H]1OC(=O)OC. The first kappa shape index (κ1) is 29.7. The van der Waals surface area contributed by atoms with Crippen LogP contribution in [-0.2, 0) is 43.5 Å². The highest BCUT2D eigenvalue weighted by Gasteiger charge is 2.63. The maximum absolute atomic E-state index is 12.4. The van der Waals surface area contributed by atoms with Gasteiger partial charge >= 0.3 is 24.6 Å². The average molecular weight is 565 g/mol. The van der Waals surface area contributed by atoms with Crippen molar-refractivity contribution in [2.45, 2.75) is 50.3 Å². The second-order valence-electron chi connectivity index (χ2n) is 9.05. The zero-order chi connectivity index (χ0) is 29.7. The summed E-state index contributed by atoms with van der Waals surface area (Å²) in [7, 11) is 3.12. The van der Waals surface area contributed by atoms with E-state index >= 15 is 0 Å². The smallest absolute Gasteiger partial charge is 0.444 e. The minimum absolute atomic E-state index is 0.0139. The molecule has 3 rings (SSSR count). The lowest BCUT2D eigenvalue weighted by atomic mass is 9.92. The van der Waals surface area contributed by atoms with Crippen LogP contribution < -0.4 is 5.32 Å². The van der Waals surface area contributed by atoms with Crippen molar-refractivity contribution < 1.29 is 57.1 Å². The molecule has 0 aromatic carbocycles. The molecule has 4 atom stereocenters. The van der Waals surface area contributed by atoms with Gasteiger partial charge in [-0.25, -0.2) is 28.7 Å². The lowest BCUT2D eigenvalue weighted by Crippen LogP contribution is -2.46. The number of hydrogen-bond donors (Lipinski definition) is 1. The zero-order valence-electron chi connectivity index (χ0n) is 22.4. The van der Waals surface area contributed by atoms with Gasteiger partial charge in [-0.1, -0.05) is 0 Å². The molecule has 0 spiro atoms. The van der Waals surface area contributed by atoms with Gasteiger partial charge in [0.25, 0.3) is 0 Å². The summed E-state index contributed by atoms with van der Waals surface area (Å²) in [4.78, 5) is 52.4. The van der Waals surface area contributed by atoms with Crippen molar-refractivity contribution in [3.8, 4) is 6.07 Å². The maximum Gasteiger partial charge on any atom is 0.508 e. The van der Waals surface area contributed by atoms with E-state index < -0.39 is 60.7 Å². The quantitative estimate of drug-likeness (QED) is 0.393. The average Bonchev–Trinajstić information content (AvgIpc) is 3.46. The molecule has 40 heavy (non-hydrogen) atoms. The molecule has 1 fully saturated rings. The van der Waals surface area contributed by atoms with E-state index in [0.29, 0.717) is 0 Å². The third kappa shape index (κ3) is 6.23. The molecule has 0 unspecified atom stereocenters. The molecule has 0 aliphatic carbocycles. The van der Waals surface area contributed by atoms with Crippen LogP contribution in [0.2, 0.25) is 0 Å². The number of carbonyl (C=O) groups excluding carboxylic acids is 4. The molecular formula is C23H27N5O12. The van der Waals surface area contributed by atoms with E-state index in [1.165, 1.54) is 16.6 Å². The van der Waals surface area contributed by atoms with Crippen molar-refractivity contribution >= 4 is 35.9 Å². The monoisotopic (exact) mass is 565 g/mol. The van der Waals surface area contributed by atoms with Crippen LogP contribution in [0.15, 0.2) is 18.5 Å². The number of nitrogens with zero attached hydrogens (tertiary/aromatic N) is 4. The zero-order valence-corrected chi connectivity index (χ0v) is 22.4. The molecule has 1 aliphatic rings. The van der Waals surface area contributed by atoms with Gasteiger partial charge in [0, 0.05) is 0 Å². The molecule has 1 aliphatic heterocycles. The Labute approximate surface area is 227 Å². The van der Waals surface area contributed by atoms with E-state index in [9.17, 15) is 24.4 Å². The summed E-state index contributed by atoms with van der Waals surface area (Å²) in [6.45, 7) is 4.45. The first-order valence-corrected chi connectivity index (χ1v) is 11.5. The highest BCUT2D eigenvalue weighted by atomic mass is 16.8. The molecule has 216 valence electrons. The van der Waals surface area contributed by atoms with Gasteiger partial charge < -0.3 is 37.9 Å². The number of nitriles is 1. The number of aromatic nitrogens is 3. The largest absolute Gasteiger partial charge is 0.508 e. The van der Waals surface area contributed by atoms with Gasteiger partial charge in [0.1, 0.15) is 36.2 Å². The topological polar surface area (TPSA) is 208 Å². The number of ether oxygens (including phenoxy) is 8. The van der Waals surface area contributed by atoms with Crippen LogP contribution in [0.4, 0.5) is 25.0 Å². The molecule has 0 bridgehead atoms. The molecule has 3 heterocycles. The second kappa shape index (κ2) is 11.9. The molecule has 2 aromatic heterocycles. The number of methoxy groups -OCH3 is 3. The Morgan fingerprint density at radius 2 is 1.73 bits per heavy atom. The molecule has 0 saturated carbocycles. The van der Waals surface area contributed by atoms with Crippen molar-refractivity contribution in [2.24, 2.45) is 0 Å². The van der Waals surface area contributed by atoms with Crippen LogP contribution in [0.25, 0.3) is 5.52 Å². The Kier molecular flexibility index (Phi) is 8.84. The minimum atomic E-state index is -2.24. The van der Waals surface area contributed by atoms with Crippen LogP contribution >= 0.6 is 0 Å². The van der Waals surface area contributed by atoms with Gasteiger partial charge in [-0.15, -0.1) is 0 Å². The Morgan fingerprint density at radius 1 is 1.07 bits per heavy atom. The fraction of sp³-hybridized carbons (Fsp3) is 0.522. The van der Waals surface area contributed by atoms with Gasteiger partial charge in [0.2, 0.25) is 5.60 Å². The first-order chi connectivity index (χ1) is 18.9. The predicted molar refractivity (Wildman–Crippen MR) is 128 cm³/mol. The normalized spacial score (nSPS) is 22.0. The fourth-order valence-electron chi connectivity index (χ4n) is 3.80. The van der Waals surface area contributed by atoms with Crippen LogP contribution in [0.3, 0.4) is 0 Å². The second-order valence-corrected chi connectivity index (χ2v) is 9.05. The summed E-state index contributed by atoms with van der Waals surface area (Å²) in [5.74, 6) is 0.0139. The van der Waals surface area contributed by atoms with E-state index in [2.05, 4.69) is 29.6 Å². The molecule has 1 saturated heterocycles. The number of rotatable bonds is 6. The Hall–Kier alpha value is -4.85. The van der Waals surface area contributed by atoms with Gasteiger partial charge in [-0.2, -0.15) is 10.4 Å². The predicted octanol–water partition coefficient (Wildman–Crippen LogP) is 2.28. The van der Waals surface area contributed by atoms with Crippen molar-refractivity contribution in [1.82, 2.24) is 14.6 Å². The van der Waals surface area contributed by atoms with Crippen LogP contribution in [0, 0.1) is 11.3 Å². The van der Waals surface area contributed by atoms with Gasteiger partial charge in [-0.05, 0) is 32.9 Å². The third-order valence-corrected chi connectivity index (χ3v) is 5.34. The fourth-order valence-corrected chi connectivity index (χ4v) is 3.80. The summed E-state index contributed by atoms with van der Waals surface area (Å²) < 4.78 is 41.6. The van der Waals surface area contributed by atoms with E-state index in [4.69, 9.17) is 23.7 Å². The number of amides is 1. The number of hydrogen-bond acceptors (Lipinski definition) is 15. The van der Waals surface area contributed by atoms with E-state index in [-0.39, 0.29) is 17.0 Å². The number of nitrogens with one attached hydrogen (secondary N) is 1. The highest BCUT2D eigenvalue weighted by molar-refractivity contribution is 5.89. The summed E-state index contributed by atoms with van der Waals surface area (Å²) in [6, 6.07) is 4.78. The molecule has 17 heteroatoms. The number of carbonyl (C=O) groups is 4. The number of anilines is 1. The van der Waals surface area contributed by atoms with E-state index in [1.54, 1.807) is 20.8 Å². The molecule has 0 radical (unpaired) electrons. The van der Waals surface area contributed by atoms with Crippen LogP contribution in [0.1, 0.15) is 26.5 Å². The Bertz CT molecular complexity index is 1320. The lowest BCUT2D eigenvalue weighted by molar-refractivity contribution is -0.0775. The molecule has 17 nitrogen and oxygen atoms in total. The van der Waals surface area contributed by atoms with E-state index in [0.717, 1.165) is 27.7 Å². The van der Waals surface area contributed by atoms with Gasteiger partial charge in [0.05, 0.1) is 27.0 Å². The van der Waals surface area contributed by atoms with E-state index in [1.807, 2.05) is 6.07 Å². The summed E-state index contributed by atoms with van der Waals surface area (Å²) in [5, 5.41) is 17.1. The van der Waals surface area contributed by atoms with Crippen molar-refractivity contribution in [2.75, 3.05) is 33.3 Å².